The van der Waals surface area contributed by atoms with Gasteiger partial charge in [-0.15, -0.1) is 0 Å². The number of carbonyl (C=O) groups is 1. The number of rotatable bonds is 5. The van der Waals surface area contributed by atoms with Crippen LogP contribution in [0.4, 0.5) is 0 Å². The Kier molecular flexibility index (Phi) is 4.73. The summed E-state index contributed by atoms with van der Waals surface area (Å²) in [7, 11) is 5.12. The molecule has 0 bridgehead atoms. The van der Waals surface area contributed by atoms with Crippen molar-refractivity contribution in [3.8, 4) is 11.4 Å². The van der Waals surface area contributed by atoms with Crippen LogP contribution in [-0.2, 0) is 0 Å². The monoisotopic (exact) mass is 299 g/mol. The van der Waals surface area contributed by atoms with Crippen LogP contribution in [0, 0.1) is 0 Å². The molecule has 0 N–H and O–H groups in total. The van der Waals surface area contributed by atoms with Gasteiger partial charge in [-0.3, -0.25) is 9.59 Å². The van der Waals surface area contributed by atoms with E-state index in [4.69, 9.17) is 4.74 Å². The number of allylic oxidation sites excluding steroid dienone is 1. The molecule has 0 aliphatic rings. The number of carbonyl (C=O) groups excluding carboxylic acids is 1. The van der Waals surface area contributed by atoms with Crippen molar-refractivity contribution < 1.29 is 9.53 Å². The van der Waals surface area contributed by atoms with E-state index in [1.165, 1.54) is 23.0 Å². The van der Waals surface area contributed by atoms with E-state index in [1.54, 1.807) is 44.4 Å². The average Bonchev–Trinajstić information content (AvgIpc) is 2.53. The third-order valence-electron chi connectivity index (χ3n) is 2.90. The van der Waals surface area contributed by atoms with Crippen LogP contribution in [0.15, 0.2) is 53.6 Å². The molecule has 0 radical (unpaired) electrons. The highest BCUT2D eigenvalue weighted by atomic mass is 16.5. The van der Waals surface area contributed by atoms with Crippen LogP contribution < -0.4 is 10.2 Å². The molecule has 0 atom stereocenters. The van der Waals surface area contributed by atoms with Crippen molar-refractivity contribution in [3.05, 3.63) is 64.7 Å². The number of methoxy groups -OCH3 is 1. The van der Waals surface area contributed by atoms with Crippen LogP contribution in [0.2, 0.25) is 0 Å². The van der Waals surface area contributed by atoms with Gasteiger partial charge in [0.15, 0.2) is 5.69 Å². The van der Waals surface area contributed by atoms with E-state index in [0.29, 0.717) is 11.4 Å². The van der Waals surface area contributed by atoms with Crippen LogP contribution in [0.25, 0.3) is 5.69 Å². The first-order chi connectivity index (χ1) is 10.5. The van der Waals surface area contributed by atoms with Crippen LogP contribution in [0.3, 0.4) is 0 Å². The summed E-state index contributed by atoms with van der Waals surface area (Å²) in [6, 6.07) is 8.54. The maximum atomic E-state index is 12.1. The summed E-state index contributed by atoms with van der Waals surface area (Å²) < 4.78 is 6.72. The fourth-order valence-corrected chi connectivity index (χ4v) is 1.83. The van der Waals surface area contributed by atoms with Crippen LogP contribution in [0.5, 0.6) is 5.75 Å². The van der Waals surface area contributed by atoms with E-state index < -0.39 is 11.2 Å². The third kappa shape index (κ3) is 3.41. The molecular formula is C16H17N3O3. The standard InChI is InChI=1S/C16H17N3O3/c1-18(2)10-8-13(20)16-14(21)9-11-19(17-16)12-6-4-5-7-15(12)22-3/h4-11H,1-3H3. The number of para-hydroxylation sites is 2. The molecule has 1 aromatic heterocycles. The maximum absolute atomic E-state index is 12.1. The lowest BCUT2D eigenvalue weighted by Crippen LogP contribution is -2.20. The van der Waals surface area contributed by atoms with Crippen molar-refractivity contribution in [3.63, 3.8) is 0 Å². The quantitative estimate of drug-likeness (QED) is 0.618. The van der Waals surface area contributed by atoms with Gasteiger partial charge in [-0.05, 0) is 12.1 Å². The number of hydrogen-bond acceptors (Lipinski definition) is 5. The van der Waals surface area contributed by atoms with Crippen molar-refractivity contribution in [2.24, 2.45) is 0 Å². The number of ketones is 1. The highest BCUT2D eigenvalue weighted by Crippen LogP contribution is 2.20. The van der Waals surface area contributed by atoms with Gasteiger partial charge in [0, 0.05) is 38.6 Å². The number of ether oxygens (including phenoxy) is 1. The number of nitrogens with zero attached hydrogens (tertiary/aromatic N) is 3. The summed E-state index contributed by atoms with van der Waals surface area (Å²) in [5.41, 5.74) is 0.0988. The van der Waals surface area contributed by atoms with E-state index in [9.17, 15) is 9.59 Å². The van der Waals surface area contributed by atoms with Gasteiger partial charge in [0.25, 0.3) is 0 Å². The highest BCUT2D eigenvalue weighted by molar-refractivity contribution is 6.02. The molecule has 6 heteroatoms. The Morgan fingerprint density at radius 1 is 1.27 bits per heavy atom. The Morgan fingerprint density at radius 2 is 2.00 bits per heavy atom. The topological polar surface area (TPSA) is 64.4 Å². The first kappa shape index (κ1) is 15.5. The van der Waals surface area contributed by atoms with E-state index in [0.717, 1.165) is 0 Å². The lowest BCUT2D eigenvalue weighted by molar-refractivity contribution is 0.103. The Balaban J connectivity index is 2.47. The minimum Gasteiger partial charge on any atom is -0.494 e. The smallest absolute Gasteiger partial charge is 0.211 e. The molecule has 0 unspecified atom stereocenters. The van der Waals surface area contributed by atoms with E-state index in [2.05, 4.69) is 5.10 Å². The molecule has 114 valence electrons. The SMILES string of the molecule is COc1ccccc1-n1ccc(=O)c(C(=O)C=CN(C)C)n1. The van der Waals surface area contributed by atoms with Gasteiger partial charge in [0.2, 0.25) is 11.2 Å². The molecule has 0 amide bonds. The lowest BCUT2D eigenvalue weighted by Gasteiger charge is -2.10. The first-order valence-corrected chi connectivity index (χ1v) is 6.65. The number of hydrogen-bond donors (Lipinski definition) is 0. The van der Waals surface area contributed by atoms with Crippen LogP contribution in [-0.4, -0.2) is 41.7 Å². The highest BCUT2D eigenvalue weighted by Gasteiger charge is 2.12. The molecule has 1 aromatic carbocycles. The van der Waals surface area contributed by atoms with Crippen molar-refractivity contribution in [1.82, 2.24) is 14.7 Å². The second-order valence-electron chi connectivity index (χ2n) is 4.79. The van der Waals surface area contributed by atoms with Crippen molar-refractivity contribution in [2.45, 2.75) is 0 Å². The molecular weight excluding hydrogens is 282 g/mol. The summed E-state index contributed by atoms with van der Waals surface area (Å²) in [5.74, 6) is 0.156. The molecule has 0 aliphatic heterocycles. The molecule has 2 rings (SSSR count). The predicted molar refractivity (Wildman–Crippen MR) is 83.5 cm³/mol. The van der Waals surface area contributed by atoms with Crippen molar-refractivity contribution in [1.29, 1.82) is 0 Å². The molecule has 6 nitrogen and oxygen atoms in total. The molecule has 1 heterocycles. The lowest BCUT2D eigenvalue weighted by atomic mass is 10.2. The van der Waals surface area contributed by atoms with Gasteiger partial charge >= 0.3 is 0 Å². The van der Waals surface area contributed by atoms with Gasteiger partial charge in [-0.2, -0.15) is 5.10 Å². The summed E-state index contributed by atoms with van der Waals surface area (Å²) >= 11 is 0. The van der Waals surface area contributed by atoms with Gasteiger partial charge in [-0.1, -0.05) is 12.1 Å². The summed E-state index contributed by atoms with van der Waals surface area (Å²) in [6.45, 7) is 0. The molecule has 0 aliphatic carbocycles. The minimum absolute atomic E-state index is 0.133. The van der Waals surface area contributed by atoms with Crippen LogP contribution in [0.1, 0.15) is 10.5 Å². The normalized spacial score (nSPS) is 10.7. The molecule has 22 heavy (non-hydrogen) atoms. The first-order valence-electron chi connectivity index (χ1n) is 6.65. The predicted octanol–water partition coefficient (Wildman–Crippen LogP) is 1.50. The van der Waals surface area contributed by atoms with E-state index in [-0.39, 0.29) is 5.69 Å². The van der Waals surface area contributed by atoms with Gasteiger partial charge in [-0.25, -0.2) is 4.68 Å². The van der Waals surface area contributed by atoms with E-state index in [1.807, 2.05) is 12.1 Å². The zero-order valence-electron chi connectivity index (χ0n) is 12.7. The number of aromatic nitrogens is 2. The van der Waals surface area contributed by atoms with Gasteiger partial charge < -0.3 is 9.64 Å². The molecule has 0 spiro atoms. The summed E-state index contributed by atoms with van der Waals surface area (Å²) in [4.78, 5) is 25.7. The molecule has 0 saturated heterocycles. The Labute approximate surface area is 128 Å². The summed E-state index contributed by atoms with van der Waals surface area (Å²) in [5, 5.41) is 4.13. The average molecular weight is 299 g/mol. The largest absolute Gasteiger partial charge is 0.494 e. The molecule has 0 fully saturated rings. The van der Waals surface area contributed by atoms with E-state index >= 15 is 0 Å². The van der Waals surface area contributed by atoms with Crippen molar-refractivity contribution >= 4 is 5.78 Å². The Hall–Kier alpha value is -2.89. The van der Waals surface area contributed by atoms with Gasteiger partial charge in [0.1, 0.15) is 11.4 Å². The third-order valence-corrected chi connectivity index (χ3v) is 2.90. The molecule has 0 saturated carbocycles. The fourth-order valence-electron chi connectivity index (χ4n) is 1.83. The Bertz CT molecular complexity index is 763. The molecule has 2 aromatic rings. The van der Waals surface area contributed by atoms with Crippen LogP contribution >= 0.6 is 0 Å². The summed E-state index contributed by atoms with van der Waals surface area (Å²) in [6.07, 6.45) is 4.40. The maximum Gasteiger partial charge on any atom is 0.211 e. The van der Waals surface area contributed by atoms with Gasteiger partial charge in [0.05, 0.1) is 7.11 Å². The Morgan fingerprint density at radius 3 is 2.68 bits per heavy atom. The zero-order chi connectivity index (χ0) is 16.1. The minimum atomic E-state index is -0.442. The zero-order valence-corrected chi connectivity index (χ0v) is 12.7. The fraction of sp³-hybridized carbons (Fsp3) is 0.188. The second-order valence-corrected chi connectivity index (χ2v) is 4.79. The second kappa shape index (κ2) is 6.71. The van der Waals surface area contributed by atoms with Crippen molar-refractivity contribution in [2.75, 3.05) is 21.2 Å². The number of benzene rings is 1.